The van der Waals surface area contributed by atoms with Crippen LogP contribution < -0.4 is 5.32 Å². The van der Waals surface area contributed by atoms with Crippen LogP contribution in [0.15, 0.2) is 0 Å². The lowest BCUT2D eigenvalue weighted by Crippen LogP contribution is -2.38. The van der Waals surface area contributed by atoms with Gasteiger partial charge < -0.3 is 10.1 Å². The number of carbonyl (C=O) groups excluding carboxylic acids is 1. The van der Waals surface area contributed by atoms with Crippen molar-refractivity contribution in [3.8, 4) is 0 Å². The van der Waals surface area contributed by atoms with Crippen molar-refractivity contribution in [2.75, 3.05) is 24.7 Å². The minimum absolute atomic E-state index is 0.0965. The first-order valence-corrected chi connectivity index (χ1v) is 8.41. The maximum Gasteiger partial charge on any atom is 0.323 e. The fraction of sp³-hybridized carbons (Fsp3) is 0.929. The molecule has 1 rings (SSSR count). The molecule has 1 N–H and O–H groups in total. The molecule has 1 aliphatic carbocycles. The summed E-state index contributed by atoms with van der Waals surface area (Å²) in [4.78, 5) is 11.7. The van der Waals surface area contributed by atoms with E-state index in [1.165, 1.54) is 31.4 Å². The van der Waals surface area contributed by atoms with Crippen LogP contribution in [0.4, 0.5) is 0 Å². The highest BCUT2D eigenvalue weighted by molar-refractivity contribution is 7.99. The number of carbonyl (C=O) groups is 1. The van der Waals surface area contributed by atoms with Gasteiger partial charge in [0.1, 0.15) is 6.04 Å². The van der Waals surface area contributed by atoms with Crippen LogP contribution in [0.5, 0.6) is 0 Å². The van der Waals surface area contributed by atoms with Crippen molar-refractivity contribution in [3.05, 3.63) is 0 Å². The molecule has 1 aliphatic rings. The monoisotopic (exact) mass is 273 g/mol. The summed E-state index contributed by atoms with van der Waals surface area (Å²) in [5, 5.41) is 3.21. The van der Waals surface area contributed by atoms with Gasteiger partial charge >= 0.3 is 5.97 Å². The lowest BCUT2D eigenvalue weighted by Gasteiger charge is -2.16. The molecule has 0 amide bonds. The molecule has 106 valence electrons. The van der Waals surface area contributed by atoms with Gasteiger partial charge in [0.15, 0.2) is 0 Å². The van der Waals surface area contributed by atoms with Gasteiger partial charge in [-0.1, -0.05) is 19.8 Å². The average molecular weight is 273 g/mol. The first-order valence-electron chi connectivity index (χ1n) is 7.25. The Morgan fingerprint density at radius 1 is 1.39 bits per heavy atom. The van der Waals surface area contributed by atoms with Crippen LogP contribution >= 0.6 is 11.8 Å². The maximum atomic E-state index is 11.7. The van der Waals surface area contributed by atoms with Crippen LogP contribution in [-0.4, -0.2) is 36.7 Å². The Bertz CT molecular complexity index is 230. The molecular formula is C14H27NO2S. The van der Waals surface area contributed by atoms with Crippen molar-refractivity contribution >= 4 is 17.7 Å². The van der Waals surface area contributed by atoms with Gasteiger partial charge in [-0.25, -0.2) is 0 Å². The SMILES string of the molecule is CCNC(CCSCC1CCCC1)C(=O)OCC. The van der Waals surface area contributed by atoms with Gasteiger partial charge in [0.25, 0.3) is 0 Å². The predicted octanol–water partition coefficient (Wildman–Crippen LogP) is 2.84. The molecule has 0 aromatic rings. The number of hydrogen-bond acceptors (Lipinski definition) is 4. The standard InChI is InChI=1S/C14H27NO2S/c1-3-15-13(14(16)17-4-2)9-10-18-11-12-7-5-6-8-12/h12-13,15H,3-11H2,1-2H3. The Morgan fingerprint density at radius 2 is 2.11 bits per heavy atom. The second-order valence-electron chi connectivity index (χ2n) is 4.88. The quantitative estimate of drug-likeness (QED) is 0.518. The molecule has 0 heterocycles. The van der Waals surface area contributed by atoms with Crippen molar-refractivity contribution in [2.24, 2.45) is 5.92 Å². The van der Waals surface area contributed by atoms with E-state index < -0.39 is 0 Å². The fourth-order valence-corrected chi connectivity index (χ4v) is 3.66. The summed E-state index contributed by atoms with van der Waals surface area (Å²) in [7, 11) is 0. The van der Waals surface area contributed by atoms with Gasteiger partial charge in [-0.3, -0.25) is 4.79 Å². The first kappa shape index (κ1) is 15.8. The van der Waals surface area contributed by atoms with Crippen LogP contribution in [0.25, 0.3) is 0 Å². The Labute approximate surface area is 115 Å². The average Bonchev–Trinajstić information content (AvgIpc) is 2.86. The number of ether oxygens (including phenoxy) is 1. The molecule has 1 fully saturated rings. The third-order valence-corrected chi connectivity index (χ3v) is 4.63. The van der Waals surface area contributed by atoms with Crippen LogP contribution in [0.1, 0.15) is 46.0 Å². The molecule has 1 saturated carbocycles. The zero-order valence-electron chi connectivity index (χ0n) is 11.7. The lowest BCUT2D eigenvalue weighted by atomic mass is 10.1. The Morgan fingerprint density at radius 3 is 2.72 bits per heavy atom. The predicted molar refractivity (Wildman–Crippen MR) is 78.0 cm³/mol. The molecule has 0 aromatic carbocycles. The Kier molecular flexibility index (Phi) is 8.51. The Hall–Kier alpha value is -0.220. The maximum absolute atomic E-state index is 11.7. The summed E-state index contributed by atoms with van der Waals surface area (Å²) in [5.74, 6) is 3.14. The smallest absolute Gasteiger partial charge is 0.323 e. The first-order chi connectivity index (χ1) is 8.77. The summed E-state index contributed by atoms with van der Waals surface area (Å²) >= 11 is 1.99. The van der Waals surface area contributed by atoms with E-state index in [4.69, 9.17) is 4.74 Å². The highest BCUT2D eigenvalue weighted by Crippen LogP contribution is 2.28. The molecule has 4 heteroatoms. The molecule has 0 saturated heterocycles. The van der Waals surface area contributed by atoms with Gasteiger partial charge in [0.2, 0.25) is 0 Å². The minimum Gasteiger partial charge on any atom is -0.465 e. The van der Waals surface area contributed by atoms with Crippen LogP contribution in [0, 0.1) is 5.92 Å². The summed E-state index contributed by atoms with van der Waals surface area (Å²) in [6.07, 6.45) is 6.51. The third kappa shape index (κ3) is 6.10. The number of hydrogen-bond donors (Lipinski definition) is 1. The van der Waals surface area contributed by atoms with Crippen molar-refractivity contribution < 1.29 is 9.53 Å². The summed E-state index contributed by atoms with van der Waals surface area (Å²) in [6, 6.07) is -0.119. The van der Waals surface area contributed by atoms with Gasteiger partial charge in [0, 0.05) is 0 Å². The molecule has 0 bridgehead atoms. The fourth-order valence-electron chi connectivity index (χ4n) is 2.42. The van der Waals surface area contributed by atoms with Gasteiger partial charge in [0.05, 0.1) is 6.61 Å². The topological polar surface area (TPSA) is 38.3 Å². The molecule has 18 heavy (non-hydrogen) atoms. The number of nitrogens with one attached hydrogen (secondary N) is 1. The van der Waals surface area contributed by atoms with Crippen LogP contribution in [0.2, 0.25) is 0 Å². The van der Waals surface area contributed by atoms with E-state index in [1.54, 1.807) is 0 Å². The van der Waals surface area contributed by atoms with Gasteiger partial charge in [-0.2, -0.15) is 11.8 Å². The van der Waals surface area contributed by atoms with E-state index in [-0.39, 0.29) is 12.0 Å². The third-order valence-electron chi connectivity index (χ3n) is 3.40. The molecule has 1 unspecified atom stereocenters. The molecule has 0 aromatic heterocycles. The highest BCUT2D eigenvalue weighted by atomic mass is 32.2. The molecule has 0 aliphatic heterocycles. The van der Waals surface area contributed by atoms with E-state index in [0.717, 1.165) is 24.6 Å². The minimum atomic E-state index is -0.119. The van der Waals surface area contributed by atoms with Crippen LogP contribution in [-0.2, 0) is 9.53 Å². The number of esters is 1. The zero-order valence-corrected chi connectivity index (χ0v) is 12.6. The van der Waals surface area contributed by atoms with Gasteiger partial charge in [-0.15, -0.1) is 0 Å². The summed E-state index contributed by atoms with van der Waals surface area (Å²) in [6.45, 7) is 5.17. The van der Waals surface area contributed by atoms with Gasteiger partial charge in [-0.05, 0) is 50.2 Å². The largest absolute Gasteiger partial charge is 0.465 e. The summed E-state index contributed by atoms with van der Waals surface area (Å²) < 4.78 is 5.08. The number of likely N-dealkylation sites (N-methyl/N-ethyl adjacent to an activating group) is 1. The molecule has 1 atom stereocenters. The van der Waals surface area contributed by atoms with Crippen molar-refractivity contribution in [1.82, 2.24) is 5.32 Å². The number of thioether (sulfide) groups is 1. The van der Waals surface area contributed by atoms with E-state index in [1.807, 2.05) is 25.6 Å². The Balaban J connectivity index is 2.13. The number of rotatable bonds is 9. The normalized spacial score (nSPS) is 17.9. The second-order valence-corrected chi connectivity index (χ2v) is 6.03. The second kappa shape index (κ2) is 9.68. The molecule has 0 radical (unpaired) electrons. The molecular weight excluding hydrogens is 246 g/mol. The van der Waals surface area contributed by atoms with Crippen molar-refractivity contribution in [1.29, 1.82) is 0 Å². The summed E-state index contributed by atoms with van der Waals surface area (Å²) in [5.41, 5.74) is 0. The lowest BCUT2D eigenvalue weighted by molar-refractivity contribution is -0.145. The van der Waals surface area contributed by atoms with Crippen molar-refractivity contribution in [3.63, 3.8) is 0 Å². The zero-order chi connectivity index (χ0) is 13.2. The van der Waals surface area contributed by atoms with E-state index in [9.17, 15) is 4.79 Å². The van der Waals surface area contributed by atoms with E-state index in [2.05, 4.69) is 5.32 Å². The molecule has 3 nitrogen and oxygen atoms in total. The highest BCUT2D eigenvalue weighted by Gasteiger charge is 2.19. The van der Waals surface area contributed by atoms with Crippen molar-refractivity contribution in [2.45, 2.75) is 52.0 Å². The van der Waals surface area contributed by atoms with E-state index in [0.29, 0.717) is 6.61 Å². The molecule has 0 spiro atoms. The van der Waals surface area contributed by atoms with Crippen LogP contribution in [0.3, 0.4) is 0 Å². The van der Waals surface area contributed by atoms with E-state index >= 15 is 0 Å².